The Labute approximate surface area is 147 Å². The number of hydrogen-bond donors (Lipinski definition) is 1. The maximum atomic E-state index is 12.6. The summed E-state index contributed by atoms with van der Waals surface area (Å²) in [4.78, 5) is 12.6. The molecule has 25 heavy (non-hydrogen) atoms. The van der Waals surface area contributed by atoms with Gasteiger partial charge in [-0.15, -0.1) is 0 Å². The fourth-order valence-corrected chi connectivity index (χ4v) is 3.26. The van der Waals surface area contributed by atoms with Gasteiger partial charge >= 0.3 is 0 Å². The normalized spacial score (nSPS) is 13.3. The summed E-state index contributed by atoms with van der Waals surface area (Å²) in [7, 11) is 0. The molecule has 3 heteroatoms. The molecule has 0 atom stereocenters. The van der Waals surface area contributed by atoms with Gasteiger partial charge in [-0.3, -0.25) is 4.79 Å². The average molecular weight is 329 g/mol. The van der Waals surface area contributed by atoms with Crippen molar-refractivity contribution >= 4 is 5.91 Å². The lowest BCUT2D eigenvalue weighted by molar-refractivity contribution is 0.0938. The summed E-state index contributed by atoms with van der Waals surface area (Å²) in [6, 6.07) is 25.4. The number of carbonyl (C=O) groups is 1. The fourth-order valence-electron chi connectivity index (χ4n) is 3.26. The Kier molecular flexibility index (Phi) is 4.21. The van der Waals surface area contributed by atoms with E-state index in [1.165, 1.54) is 11.1 Å². The Morgan fingerprint density at radius 3 is 2.16 bits per heavy atom. The third kappa shape index (κ3) is 3.56. The molecule has 0 unspecified atom stereocenters. The van der Waals surface area contributed by atoms with Crippen LogP contribution in [0.15, 0.2) is 78.9 Å². The van der Waals surface area contributed by atoms with Gasteiger partial charge in [-0.1, -0.05) is 48.5 Å². The van der Waals surface area contributed by atoms with Crippen molar-refractivity contribution in [1.29, 1.82) is 0 Å². The lowest BCUT2D eigenvalue weighted by Gasteiger charge is -2.13. The SMILES string of the molecule is O=C(NC1Cc2ccccc2C1)c1cccc(Oc2ccccc2)c1. The predicted molar refractivity (Wildman–Crippen MR) is 98.1 cm³/mol. The molecule has 0 heterocycles. The van der Waals surface area contributed by atoms with Crippen molar-refractivity contribution in [3.05, 3.63) is 95.6 Å². The maximum absolute atomic E-state index is 12.6. The maximum Gasteiger partial charge on any atom is 0.251 e. The number of benzene rings is 3. The van der Waals surface area contributed by atoms with Gasteiger partial charge in [0.2, 0.25) is 0 Å². The molecule has 0 aromatic heterocycles. The predicted octanol–water partition coefficient (Wildman–Crippen LogP) is 4.38. The Balaban J connectivity index is 1.43. The standard InChI is InChI=1S/C22H19NO2/c24-22(23-19-13-16-7-4-5-8-17(16)14-19)18-9-6-12-21(15-18)25-20-10-2-1-3-11-20/h1-12,15,19H,13-14H2,(H,23,24). The molecule has 0 saturated carbocycles. The molecule has 1 aliphatic rings. The summed E-state index contributed by atoms with van der Waals surface area (Å²) in [5, 5.41) is 3.14. The molecule has 4 rings (SSSR count). The monoisotopic (exact) mass is 329 g/mol. The summed E-state index contributed by atoms with van der Waals surface area (Å²) in [5.41, 5.74) is 3.27. The van der Waals surface area contributed by atoms with E-state index >= 15 is 0 Å². The molecular weight excluding hydrogens is 310 g/mol. The van der Waals surface area contributed by atoms with Crippen molar-refractivity contribution in [1.82, 2.24) is 5.32 Å². The molecule has 0 spiro atoms. The van der Waals surface area contributed by atoms with Crippen LogP contribution in [0.5, 0.6) is 11.5 Å². The minimum Gasteiger partial charge on any atom is -0.457 e. The highest BCUT2D eigenvalue weighted by atomic mass is 16.5. The first-order valence-corrected chi connectivity index (χ1v) is 8.48. The van der Waals surface area contributed by atoms with E-state index in [2.05, 4.69) is 17.4 Å². The van der Waals surface area contributed by atoms with Gasteiger partial charge in [-0.25, -0.2) is 0 Å². The van der Waals surface area contributed by atoms with Gasteiger partial charge in [-0.2, -0.15) is 0 Å². The molecule has 3 nitrogen and oxygen atoms in total. The van der Waals surface area contributed by atoms with Crippen LogP contribution in [0.3, 0.4) is 0 Å². The third-order valence-electron chi connectivity index (χ3n) is 4.46. The molecule has 0 saturated heterocycles. The number of amides is 1. The number of ether oxygens (including phenoxy) is 1. The minimum absolute atomic E-state index is 0.0590. The van der Waals surface area contributed by atoms with Gasteiger partial charge in [0.25, 0.3) is 5.91 Å². The van der Waals surface area contributed by atoms with Crippen LogP contribution in [0.2, 0.25) is 0 Å². The van der Waals surface area contributed by atoms with Gasteiger partial charge in [0.15, 0.2) is 0 Å². The Morgan fingerprint density at radius 2 is 1.44 bits per heavy atom. The smallest absolute Gasteiger partial charge is 0.251 e. The van der Waals surface area contributed by atoms with Crippen LogP contribution < -0.4 is 10.1 Å². The number of rotatable bonds is 4. The Morgan fingerprint density at radius 1 is 0.800 bits per heavy atom. The Bertz CT molecular complexity index is 864. The topological polar surface area (TPSA) is 38.3 Å². The van der Waals surface area contributed by atoms with Gasteiger partial charge in [0.1, 0.15) is 11.5 Å². The molecule has 1 aliphatic carbocycles. The van der Waals surface area contributed by atoms with E-state index in [4.69, 9.17) is 4.74 Å². The highest BCUT2D eigenvalue weighted by Crippen LogP contribution is 2.24. The van der Waals surface area contributed by atoms with Crippen LogP contribution in [-0.4, -0.2) is 11.9 Å². The van der Waals surface area contributed by atoms with Gasteiger partial charge < -0.3 is 10.1 Å². The van der Waals surface area contributed by atoms with Gasteiger partial charge in [-0.05, 0) is 54.3 Å². The zero-order chi connectivity index (χ0) is 17.1. The average Bonchev–Trinajstić information content (AvgIpc) is 3.05. The second-order valence-electron chi connectivity index (χ2n) is 6.29. The van der Waals surface area contributed by atoms with Crippen molar-refractivity contribution in [2.75, 3.05) is 0 Å². The molecule has 1 amide bonds. The molecule has 0 aliphatic heterocycles. The summed E-state index contributed by atoms with van der Waals surface area (Å²) in [5.74, 6) is 1.36. The highest BCUT2D eigenvalue weighted by Gasteiger charge is 2.22. The minimum atomic E-state index is -0.0590. The third-order valence-corrected chi connectivity index (χ3v) is 4.46. The van der Waals surface area contributed by atoms with Crippen LogP contribution in [0.1, 0.15) is 21.5 Å². The van der Waals surface area contributed by atoms with E-state index in [-0.39, 0.29) is 11.9 Å². The first-order valence-electron chi connectivity index (χ1n) is 8.48. The first kappa shape index (κ1) is 15.5. The van der Waals surface area contributed by atoms with E-state index in [1.54, 1.807) is 6.07 Å². The molecule has 1 N–H and O–H groups in total. The van der Waals surface area contributed by atoms with E-state index in [0.717, 1.165) is 18.6 Å². The second kappa shape index (κ2) is 6.81. The molecule has 0 fully saturated rings. The van der Waals surface area contributed by atoms with Crippen LogP contribution in [0, 0.1) is 0 Å². The summed E-state index contributed by atoms with van der Waals surface area (Å²) in [6.45, 7) is 0. The fraction of sp³-hybridized carbons (Fsp3) is 0.136. The largest absolute Gasteiger partial charge is 0.457 e. The van der Waals surface area contributed by atoms with Crippen molar-refractivity contribution in [2.45, 2.75) is 18.9 Å². The zero-order valence-corrected chi connectivity index (χ0v) is 13.8. The Hall–Kier alpha value is -3.07. The molecule has 3 aromatic rings. The number of fused-ring (bicyclic) bond motifs is 1. The van der Waals surface area contributed by atoms with Crippen LogP contribution >= 0.6 is 0 Å². The highest BCUT2D eigenvalue weighted by molar-refractivity contribution is 5.94. The van der Waals surface area contributed by atoms with E-state index < -0.39 is 0 Å². The van der Waals surface area contributed by atoms with Crippen LogP contribution in [0.4, 0.5) is 0 Å². The molecular formula is C22H19NO2. The van der Waals surface area contributed by atoms with Crippen molar-refractivity contribution in [2.24, 2.45) is 0 Å². The number of para-hydroxylation sites is 1. The van der Waals surface area contributed by atoms with E-state index in [1.807, 2.05) is 60.7 Å². The van der Waals surface area contributed by atoms with Gasteiger partial charge in [0.05, 0.1) is 0 Å². The summed E-state index contributed by atoms with van der Waals surface area (Å²) in [6.07, 6.45) is 1.78. The molecule has 0 radical (unpaired) electrons. The number of carbonyl (C=O) groups excluding carboxylic acids is 1. The molecule has 124 valence electrons. The zero-order valence-electron chi connectivity index (χ0n) is 13.8. The van der Waals surface area contributed by atoms with Crippen molar-refractivity contribution in [3.63, 3.8) is 0 Å². The van der Waals surface area contributed by atoms with Crippen molar-refractivity contribution in [3.8, 4) is 11.5 Å². The summed E-state index contributed by atoms with van der Waals surface area (Å²) >= 11 is 0. The quantitative estimate of drug-likeness (QED) is 0.771. The second-order valence-corrected chi connectivity index (χ2v) is 6.29. The van der Waals surface area contributed by atoms with Crippen LogP contribution in [0.25, 0.3) is 0 Å². The molecule has 3 aromatic carbocycles. The summed E-state index contributed by atoms with van der Waals surface area (Å²) < 4.78 is 5.81. The van der Waals surface area contributed by atoms with E-state index in [9.17, 15) is 4.79 Å². The molecule has 0 bridgehead atoms. The first-order chi connectivity index (χ1) is 12.3. The van der Waals surface area contributed by atoms with E-state index in [0.29, 0.717) is 11.3 Å². The lowest BCUT2D eigenvalue weighted by Crippen LogP contribution is -2.35. The van der Waals surface area contributed by atoms with Crippen LogP contribution in [-0.2, 0) is 12.8 Å². The van der Waals surface area contributed by atoms with Gasteiger partial charge in [0, 0.05) is 11.6 Å². The van der Waals surface area contributed by atoms with Crippen molar-refractivity contribution < 1.29 is 9.53 Å². The number of nitrogens with one attached hydrogen (secondary N) is 1. The lowest BCUT2D eigenvalue weighted by atomic mass is 10.1. The number of hydrogen-bond acceptors (Lipinski definition) is 2.